The van der Waals surface area contributed by atoms with Gasteiger partial charge >= 0.3 is 5.97 Å². The zero-order chi connectivity index (χ0) is 10.9. The molecule has 2 aliphatic rings. The standard InChI is InChI=1S/C11H19NO2S/c1-12-4-2-11(3-5-12)7-9(8-15-11)6-10(13)14/h9H,2-8H2,1H3,(H,13,14). The molecule has 4 heteroatoms. The van der Waals surface area contributed by atoms with E-state index in [1.54, 1.807) is 0 Å². The summed E-state index contributed by atoms with van der Waals surface area (Å²) in [6.07, 6.45) is 3.97. The van der Waals surface area contributed by atoms with Crippen LogP contribution >= 0.6 is 11.8 Å². The highest BCUT2D eigenvalue weighted by Gasteiger charge is 2.41. The molecule has 2 heterocycles. The van der Waals surface area contributed by atoms with Crippen LogP contribution in [0.15, 0.2) is 0 Å². The van der Waals surface area contributed by atoms with E-state index in [2.05, 4.69) is 11.9 Å². The molecule has 0 aromatic heterocycles. The van der Waals surface area contributed by atoms with Crippen molar-refractivity contribution in [1.29, 1.82) is 0 Å². The van der Waals surface area contributed by atoms with Crippen LogP contribution < -0.4 is 0 Å². The Bertz CT molecular complexity index is 249. The molecule has 0 amide bonds. The number of thioether (sulfide) groups is 1. The quantitative estimate of drug-likeness (QED) is 0.782. The van der Waals surface area contributed by atoms with E-state index in [4.69, 9.17) is 5.11 Å². The minimum absolute atomic E-state index is 0.366. The summed E-state index contributed by atoms with van der Waals surface area (Å²) in [5, 5.41) is 8.79. The van der Waals surface area contributed by atoms with Crippen LogP contribution in [-0.4, -0.2) is 46.6 Å². The molecule has 0 radical (unpaired) electrons. The summed E-state index contributed by atoms with van der Waals surface area (Å²) < 4.78 is 0.423. The van der Waals surface area contributed by atoms with Gasteiger partial charge in [0.05, 0.1) is 0 Å². The lowest BCUT2D eigenvalue weighted by atomic mass is 9.86. The van der Waals surface area contributed by atoms with Crippen LogP contribution in [0.2, 0.25) is 0 Å². The molecule has 2 rings (SSSR count). The van der Waals surface area contributed by atoms with Gasteiger partial charge in [0, 0.05) is 11.2 Å². The second-order valence-electron chi connectivity index (χ2n) is 4.97. The van der Waals surface area contributed by atoms with Crippen LogP contribution in [0.25, 0.3) is 0 Å². The molecule has 0 aromatic rings. The number of piperidine rings is 1. The van der Waals surface area contributed by atoms with E-state index in [9.17, 15) is 4.79 Å². The summed E-state index contributed by atoms with van der Waals surface area (Å²) in [7, 11) is 2.17. The van der Waals surface area contributed by atoms with E-state index in [0.29, 0.717) is 17.1 Å². The summed E-state index contributed by atoms with van der Waals surface area (Å²) in [6, 6.07) is 0. The van der Waals surface area contributed by atoms with Crippen molar-refractivity contribution < 1.29 is 9.90 Å². The summed E-state index contributed by atoms with van der Waals surface area (Å²) in [4.78, 5) is 13.0. The Labute approximate surface area is 95.2 Å². The van der Waals surface area contributed by atoms with Crippen molar-refractivity contribution in [1.82, 2.24) is 4.90 Å². The van der Waals surface area contributed by atoms with Crippen LogP contribution in [0.1, 0.15) is 25.7 Å². The smallest absolute Gasteiger partial charge is 0.303 e. The highest BCUT2D eigenvalue weighted by Crippen LogP contribution is 2.48. The Balaban J connectivity index is 1.88. The van der Waals surface area contributed by atoms with E-state index >= 15 is 0 Å². The maximum Gasteiger partial charge on any atom is 0.303 e. The molecule has 1 spiro atoms. The number of nitrogens with zero attached hydrogens (tertiary/aromatic N) is 1. The summed E-state index contributed by atoms with van der Waals surface area (Å²) in [5.74, 6) is 0.831. The third-order valence-electron chi connectivity index (χ3n) is 3.65. The average Bonchev–Trinajstić information content (AvgIpc) is 2.54. The lowest BCUT2D eigenvalue weighted by molar-refractivity contribution is -0.137. The second-order valence-corrected chi connectivity index (χ2v) is 6.45. The van der Waals surface area contributed by atoms with E-state index < -0.39 is 5.97 Å². The van der Waals surface area contributed by atoms with E-state index in [1.165, 1.54) is 25.9 Å². The third-order valence-corrected chi connectivity index (χ3v) is 5.47. The lowest BCUT2D eigenvalue weighted by Gasteiger charge is -2.37. The first-order valence-corrected chi connectivity index (χ1v) is 6.62. The van der Waals surface area contributed by atoms with Gasteiger partial charge in [-0.15, -0.1) is 0 Å². The molecule has 0 aliphatic carbocycles. The molecule has 86 valence electrons. The number of hydrogen-bond donors (Lipinski definition) is 1. The normalized spacial score (nSPS) is 30.9. The molecule has 15 heavy (non-hydrogen) atoms. The number of carboxylic acids is 1. The predicted molar refractivity (Wildman–Crippen MR) is 62.3 cm³/mol. The second kappa shape index (κ2) is 4.34. The Morgan fingerprint density at radius 2 is 2.20 bits per heavy atom. The molecule has 2 fully saturated rings. The Morgan fingerprint density at radius 1 is 1.53 bits per heavy atom. The van der Waals surface area contributed by atoms with Gasteiger partial charge in [0.1, 0.15) is 0 Å². The molecule has 1 atom stereocenters. The highest BCUT2D eigenvalue weighted by molar-refractivity contribution is 8.00. The fourth-order valence-corrected chi connectivity index (χ4v) is 4.34. The molecule has 0 aromatic carbocycles. The lowest BCUT2D eigenvalue weighted by Crippen LogP contribution is -2.39. The average molecular weight is 229 g/mol. The number of carboxylic acid groups (broad SMARTS) is 1. The minimum atomic E-state index is -0.634. The van der Waals surface area contributed by atoms with Crippen LogP contribution in [0.5, 0.6) is 0 Å². The SMILES string of the molecule is CN1CCC2(CC1)CC(CC(=O)O)CS2. The Kier molecular flexibility index (Phi) is 3.26. The Morgan fingerprint density at radius 3 is 2.80 bits per heavy atom. The number of aliphatic carboxylic acids is 1. The first-order valence-electron chi connectivity index (χ1n) is 5.64. The van der Waals surface area contributed by atoms with E-state index in [1.807, 2.05) is 11.8 Å². The van der Waals surface area contributed by atoms with Gasteiger partial charge in [0.15, 0.2) is 0 Å². The molecular formula is C11H19NO2S. The monoisotopic (exact) mass is 229 g/mol. The van der Waals surface area contributed by atoms with Crippen molar-refractivity contribution in [2.45, 2.75) is 30.4 Å². The minimum Gasteiger partial charge on any atom is -0.481 e. The van der Waals surface area contributed by atoms with Crippen LogP contribution in [-0.2, 0) is 4.79 Å². The van der Waals surface area contributed by atoms with Crippen molar-refractivity contribution in [3.63, 3.8) is 0 Å². The van der Waals surface area contributed by atoms with Gasteiger partial charge < -0.3 is 10.0 Å². The largest absolute Gasteiger partial charge is 0.481 e. The topological polar surface area (TPSA) is 40.5 Å². The van der Waals surface area contributed by atoms with Gasteiger partial charge in [-0.2, -0.15) is 11.8 Å². The molecule has 0 bridgehead atoms. The van der Waals surface area contributed by atoms with Crippen molar-refractivity contribution >= 4 is 17.7 Å². The summed E-state index contributed by atoms with van der Waals surface area (Å²) in [6.45, 7) is 2.35. The van der Waals surface area contributed by atoms with Gasteiger partial charge in [0.2, 0.25) is 0 Å². The fourth-order valence-electron chi connectivity index (χ4n) is 2.69. The Hall–Kier alpha value is -0.220. The van der Waals surface area contributed by atoms with Gasteiger partial charge in [-0.1, -0.05) is 0 Å². The van der Waals surface area contributed by atoms with Crippen molar-refractivity contribution in [3.05, 3.63) is 0 Å². The summed E-state index contributed by atoms with van der Waals surface area (Å²) >= 11 is 2.03. The predicted octanol–water partition coefficient (Wildman–Crippen LogP) is 1.68. The molecule has 3 nitrogen and oxygen atoms in total. The van der Waals surface area contributed by atoms with Gasteiger partial charge in [-0.3, -0.25) is 4.79 Å². The van der Waals surface area contributed by atoms with Crippen LogP contribution in [0, 0.1) is 5.92 Å². The number of likely N-dealkylation sites (tertiary alicyclic amines) is 1. The van der Waals surface area contributed by atoms with Gasteiger partial charge in [-0.25, -0.2) is 0 Å². The maximum absolute atomic E-state index is 10.7. The van der Waals surface area contributed by atoms with Crippen LogP contribution in [0.4, 0.5) is 0 Å². The number of hydrogen-bond acceptors (Lipinski definition) is 3. The van der Waals surface area contributed by atoms with E-state index in [0.717, 1.165) is 12.2 Å². The molecule has 2 saturated heterocycles. The van der Waals surface area contributed by atoms with Crippen molar-refractivity contribution in [2.75, 3.05) is 25.9 Å². The van der Waals surface area contributed by atoms with Crippen molar-refractivity contribution in [3.8, 4) is 0 Å². The van der Waals surface area contributed by atoms with E-state index in [-0.39, 0.29) is 0 Å². The summed E-state index contributed by atoms with van der Waals surface area (Å²) in [5.41, 5.74) is 0. The highest BCUT2D eigenvalue weighted by atomic mass is 32.2. The fraction of sp³-hybridized carbons (Fsp3) is 0.909. The maximum atomic E-state index is 10.7. The number of carbonyl (C=O) groups is 1. The zero-order valence-corrected chi connectivity index (χ0v) is 10.1. The van der Waals surface area contributed by atoms with Gasteiger partial charge in [0.25, 0.3) is 0 Å². The first kappa shape index (κ1) is 11.3. The van der Waals surface area contributed by atoms with Crippen LogP contribution in [0.3, 0.4) is 0 Å². The molecule has 0 saturated carbocycles. The molecule has 1 unspecified atom stereocenters. The zero-order valence-electron chi connectivity index (χ0n) is 9.24. The first-order chi connectivity index (χ1) is 7.10. The van der Waals surface area contributed by atoms with Gasteiger partial charge in [-0.05, 0) is 51.1 Å². The van der Waals surface area contributed by atoms with Crippen molar-refractivity contribution in [2.24, 2.45) is 5.92 Å². The number of rotatable bonds is 2. The molecule has 2 aliphatic heterocycles. The molecule has 1 N–H and O–H groups in total. The third kappa shape index (κ3) is 2.67. The molecular weight excluding hydrogens is 210 g/mol.